The summed E-state index contributed by atoms with van der Waals surface area (Å²) in [5.74, 6) is 0. The Kier molecular flexibility index (Phi) is 14.3. The van der Waals surface area contributed by atoms with E-state index in [-0.39, 0.29) is 46.5 Å². The van der Waals surface area contributed by atoms with E-state index in [0.717, 1.165) is 0 Å². The van der Waals surface area contributed by atoms with Crippen LogP contribution in [0.3, 0.4) is 0 Å². The van der Waals surface area contributed by atoms with Gasteiger partial charge in [-0.15, -0.1) is 29.7 Å². The van der Waals surface area contributed by atoms with Crippen molar-refractivity contribution in [2.45, 2.75) is 26.2 Å². The molecule has 110 valence electrons. The molecule has 0 amide bonds. The van der Waals surface area contributed by atoms with Crippen LogP contribution in [-0.2, 0) is 28.1 Å². The molecule has 0 unspecified atom stereocenters. The van der Waals surface area contributed by atoms with E-state index in [0.29, 0.717) is 0 Å². The second-order valence-corrected chi connectivity index (χ2v) is 4.55. The van der Waals surface area contributed by atoms with Crippen LogP contribution in [0, 0.1) is 0 Å². The molecule has 0 spiro atoms. The van der Waals surface area contributed by atoms with Crippen LogP contribution in [0.5, 0.6) is 0 Å². The predicted octanol–water partition coefficient (Wildman–Crippen LogP) is -0.688. The molecule has 0 saturated heterocycles. The maximum Gasteiger partial charge on any atom is 4.00 e. The van der Waals surface area contributed by atoms with Crippen molar-refractivity contribution in [3.05, 3.63) is 72.3 Å². The number of hydrogen-bond acceptors (Lipinski definition) is 0. The molecule has 0 fully saturated rings. The van der Waals surface area contributed by atoms with Gasteiger partial charge in [-0.2, -0.15) is 35.2 Å². The van der Waals surface area contributed by atoms with Gasteiger partial charge < -0.3 is 24.8 Å². The van der Waals surface area contributed by atoms with Gasteiger partial charge in [0.25, 0.3) is 0 Å². The molecule has 0 aliphatic rings. The van der Waals surface area contributed by atoms with E-state index >= 15 is 0 Å². The van der Waals surface area contributed by atoms with Gasteiger partial charge in [-0.1, -0.05) is 32.3 Å². The molecule has 0 saturated carbocycles. The molecule has 0 N–H and O–H groups in total. The topological polar surface area (TPSA) is 0 Å². The van der Waals surface area contributed by atoms with Gasteiger partial charge in [-0.25, -0.2) is 12.1 Å². The Bertz CT molecular complexity index is 525. The quantitative estimate of drug-likeness (QED) is 0.431. The number of fused-ring (bicyclic) bond motifs is 1. The molecule has 0 atom stereocenters. The van der Waals surface area contributed by atoms with Crippen LogP contribution >= 0.6 is 0 Å². The third kappa shape index (κ3) is 7.88. The van der Waals surface area contributed by atoms with Crippen LogP contribution in [0.15, 0.2) is 66.7 Å². The van der Waals surface area contributed by atoms with Gasteiger partial charge in [-0.3, -0.25) is 0 Å². The average molecular weight is 355 g/mol. The predicted molar refractivity (Wildman–Crippen MR) is 80.2 cm³/mol. The van der Waals surface area contributed by atoms with Crippen molar-refractivity contribution in [3.8, 4) is 0 Å². The Morgan fingerprint density at radius 2 is 1.62 bits per heavy atom. The average Bonchev–Trinajstić information content (AvgIpc) is 3.08. The number of aryl methyl sites for hydroxylation is 1. The molecule has 3 aromatic rings. The monoisotopic (exact) mass is 354 g/mol. The van der Waals surface area contributed by atoms with Gasteiger partial charge in [0.2, 0.25) is 0 Å². The first kappa shape index (κ1) is 22.8. The van der Waals surface area contributed by atoms with Crippen molar-refractivity contribution in [3.63, 3.8) is 0 Å². The molecule has 0 radical (unpaired) electrons. The van der Waals surface area contributed by atoms with Crippen molar-refractivity contribution in [1.29, 1.82) is 0 Å². The number of hydrogen-bond donors (Lipinski definition) is 0. The minimum atomic E-state index is 0. The molecule has 0 aliphatic carbocycles. The fourth-order valence-corrected chi connectivity index (χ4v) is 2.03. The fraction of sp³-hybridized carbons (Fsp3) is 0.222. The third-order valence-corrected chi connectivity index (χ3v) is 3.10. The van der Waals surface area contributed by atoms with Crippen molar-refractivity contribution >= 4 is 10.8 Å². The zero-order valence-corrected chi connectivity index (χ0v) is 15.3. The normalized spacial score (nSPS) is 8.62. The summed E-state index contributed by atoms with van der Waals surface area (Å²) in [6, 6.07) is 23.3. The Labute approximate surface area is 155 Å². The molecule has 21 heavy (non-hydrogen) atoms. The van der Waals surface area contributed by atoms with Gasteiger partial charge in [0, 0.05) is 0 Å². The largest absolute Gasteiger partial charge is 4.00 e. The smallest absolute Gasteiger partial charge is 1.00 e. The van der Waals surface area contributed by atoms with Crippen LogP contribution in [0.1, 0.15) is 25.3 Å². The Morgan fingerprint density at radius 1 is 0.952 bits per heavy atom. The minimum Gasteiger partial charge on any atom is -1.00 e. The SMILES string of the molecule is CCCC[c-]1cccc1.[Cl-].[Cl-].[Ti+4].c1ccc2[cH-]ccc2c1. The summed E-state index contributed by atoms with van der Waals surface area (Å²) in [6.07, 6.45) is 3.87. The molecule has 0 nitrogen and oxygen atoms in total. The van der Waals surface area contributed by atoms with Crippen LogP contribution < -0.4 is 24.8 Å². The van der Waals surface area contributed by atoms with Crippen molar-refractivity contribution in [1.82, 2.24) is 0 Å². The molecule has 3 rings (SSSR count). The number of unbranched alkanes of at least 4 members (excludes halogenated alkanes) is 1. The fourth-order valence-electron chi connectivity index (χ4n) is 2.03. The van der Waals surface area contributed by atoms with E-state index in [1.54, 1.807) is 0 Å². The number of halogens is 2. The maximum atomic E-state index is 2.23. The first-order valence-electron chi connectivity index (χ1n) is 6.71. The Morgan fingerprint density at radius 3 is 2.24 bits per heavy atom. The van der Waals surface area contributed by atoms with E-state index in [9.17, 15) is 0 Å². The zero-order chi connectivity index (χ0) is 12.6. The zero-order valence-electron chi connectivity index (χ0n) is 12.2. The summed E-state index contributed by atoms with van der Waals surface area (Å²) >= 11 is 0. The van der Waals surface area contributed by atoms with Crippen LogP contribution in [0.2, 0.25) is 0 Å². The Hall–Kier alpha value is -0.526. The maximum absolute atomic E-state index is 2.23. The van der Waals surface area contributed by atoms with E-state index in [1.807, 2.05) is 0 Å². The van der Waals surface area contributed by atoms with Crippen molar-refractivity contribution in [2.75, 3.05) is 0 Å². The third-order valence-electron chi connectivity index (χ3n) is 3.10. The van der Waals surface area contributed by atoms with Gasteiger partial charge >= 0.3 is 21.7 Å². The van der Waals surface area contributed by atoms with Gasteiger partial charge in [0.15, 0.2) is 0 Å². The molecule has 3 aromatic carbocycles. The van der Waals surface area contributed by atoms with E-state index in [2.05, 4.69) is 73.7 Å². The molecule has 0 aliphatic heterocycles. The molecular weight excluding hydrogens is 335 g/mol. The molecule has 0 aromatic heterocycles. The van der Waals surface area contributed by atoms with E-state index < -0.39 is 0 Å². The first-order chi connectivity index (χ1) is 8.90. The summed E-state index contributed by atoms with van der Waals surface area (Å²) in [4.78, 5) is 0. The first-order valence-corrected chi connectivity index (χ1v) is 6.71. The Balaban J connectivity index is 0. The summed E-state index contributed by atoms with van der Waals surface area (Å²) in [5.41, 5.74) is 1.48. The van der Waals surface area contributed by atoms with Gasteiger partial charge in [-0.05, 0) is 0 Å². The summed E-state index contributed by atoms with van der Waals surface area (Å²) in [5, 5.41) is 2.66. The van der Waals surface area contributed by atoms with Crippen molar-refractivity contribution < 1.29 is 46.5 Å². The summed E-state index contributed by atoms with van der Waals surface area (Å²) in [7, 11) is 0. The van der Waals surface area contributed by atoms with E-state index in [4.69, 9.17) is 0 Å². The molecular formula is C18H20Cl2Ti. The minimum absolute atomic E-state index is 0. The number of rotatable bonds is 3. The van der Waals surface area contributed by atoms with Crippen LogP contribution in [0.4, 0.5) is 0 Å². The second kappa shape index (κ2) is 13.2. The summed E-state index contributed by atoms with van der Waals surface area (Å²) < 4.78 is 0. The van der Waals surface area contributed by atoms with Gasteiger partial charge in [0.05, 0.1) is 0 Å². The van der Waals surface area contributed by atoms with E-state index in [1.165, 1.54) is 35.6 Å². The van der Waals surface area contributed by atoms with Crippen LogP contribution in [-0.4, -0.2) is 0 Å². The standard InChI is InChI=1S/C9H7.C9H13.2ClH.Ti/c1-2-5-9-7-3-6-8(9)4-1;1-2-3-6-9-7-4-5-8-9;;;/h1-7H;4-5,7-8H,2-3,6H2,1H3;2*1H;/q2*-1;;;+4/p-2. The summed E-state index contributed by atoms with van der Waals surface area (Å²) in [6.45, 7) is 2.23. The molecule has 0 heterocycles. The van der Waals surface area contributed by atoms with Gasteiger partial charge in [0.1, 0.15) is 0 Å². The number of benzene rings is 1. The second-order valence-electron chi connectivity index (χ2n) is 4.55. The van der Waals surface area contributed by atoms with Crippen molar-refractivity contribution in [2.24, 2.45) is 0 Å². The van der Waals surface area contributed by atoms with Crippen LogP contribution in [0.25, 0.3) is 10.8 Å². The molecule has 0 bridgehead atoms. The molecule has 3 heteroatoms.